The second-order valence-electron chi connectivity index (χ2n) is 6.15. The van der Waals surface area contributed by atoms with Crippen molar-refractivity contribution in [3.63, 3.8) is 0 Å². The lowest BCUT2D eigenvalue weighted by molar-refractivity contribution is -0.156. The van der Waals surface area contributed by atoms with E-state index < -0.39 is 6.10 Å². The first-order valence-electron chi connectivity index (χ1n) is 8.77. The summed E-state index contributed by atoms with van der Waals surface area (Å²) in [6, 6.07) is 13.6. The summed E-state index contributed by atoms with van der Waals surface area (Å²) in [7, 11) is 1.52. The standard InChI is InChI=1S/C20H24N2O4/c1-24-18(20(23)26-15-16-5-3-2-4-6-16)13-17-7-8-19(21-14-17)22-9-11-25-12-10-22/h2-8,14,18H,9-13,15H2,1H3. The third kappa shape index (κ3) is 5.03. The lowest BCUT2D eigenvalue weighted by Gasteiger charge is -2.27. The van der Waals surface area contributed by atoms with Gasteiger partial charge in [-0.25, -0.2) is 9.78 Å². The van der Waals surface area contributed by atoms with Crippen molar-refractivity contribution >= 4 is 11.8 Å². The predicted molar refractivity (Wildman–Crippen MR) is 98.0 cm³/mol. The highest BCUT2D eigenvalue weighted by molar-refractivity contribution is 5.75. The van der Waals surface area contributed by atoms with Crippen molar-refractivity contribution in [3.8, 4) is 0 Å². The average Bonchev–Trinajstić information content (AvgIpc) is 2.72. The third-order valence-electron chi connectivity index (χ3n) is 4.34. The molecule has 0 aliphatic carbocycles. The van der Waals surface area contributed by atoms with Gasteiger partial charge in [-0.05, 0) is 17.2 Å². The van der Waals surface area contributed by atoms with Crippen LogP contribution in [0.3, 0.4) is 0 Å². The molecular formula is C20H24N2O4. The van der Waals surface area contributed by atoms with Gasteiger partial charge in [0.05, 0.1) is 13.2 Å². The number of ether oxygens (including phenoxy) is 3. The van der Waals surface area contributed by atoms with Gasteiger partial charge in [-0.2, -0.15) is 0 Å². The number of hydrogen-bond donors (Lipinski definition) is 0. The zero-order valence-electron chi connectivity index (χ0n) is 15.0. The Labute approximate surface area is 153 Å². The largest absolute Gasteiger partial charge is 0.459 e. The summed E-state index contributed by atoms with van der Waals surface area (Å²) in [5.74, 6) is 0.561. The van der Waals surface area contributed by atoms with Gasteiger partial charge in [-0.3, -0.25) is 0 Å². The summed E-state index contributed by atoms with van der Waals surface area (Å²) in [6.45, 7) is 3.39. The molecule has 1 unspecified atom stereocenters. The molecule has 0 amide bonds. The highest BCUT2D eigenvalue weighted by Gasteiger charge is 2.21. The first kappa shape index (κ1) is 18.4. The number of benzene rings is 1. The van der Waals surface area contributed by atoms with Crippen LogP contribution in [-0.4, -0.2) is 50.5 Å². The molecular weight excluding hydrogens is 332 g/mol. The van der Waals surface area contributed by atoms with Crippen molar-refractivity contribution in [1.29, 1.82) is 0 Å². The molecule has 2 heterocycles. The second-order valence-corrected chi connectivity index (χ2v) is 6.15. The van der Waals surface area contributed by atoms with Crippen LogP contribution in [0.25, 0.3) is 0 Å². The fourth-order valence-electron chi connectivity index (χ4n) is 2.82. The highest BCUT2D eigenvalue weighted by Crippen LogP contribution is 2.15. The van der Waals surface area contributed by atoms with Gasteiger partial charge in [0.1, 0.15) is 12.4 Å². The molecule has 138 valence electrons. The van der Waals surface area contributed by atoms with Crippen LogP contribution in [-0.2, 0) is 32.0 Å². The van der Waals surface area contributed by atoms with E-state index in [4.69, 9.17) is 14.2 Å². The molecule has 6 nitrogen and oxygen atoms in total. The number of morpholine rings is 1. The maximum atomic E-state index is 12.3. The van der Waals surface area contributed by atoms with Crippen LogP contribution >= 0.6 is 0 Å². The van der Waals surface area contributed by atoms with Gasteiger partial charge < -0.3 is 19.1 Å². The second kappa shape index (κ2) is 9.31. The van der Waals surface area contributed by atoms with E-state index in [-0.39, 0.29) is 12.6 Å². The van der Waals surface area contributed by atoms with Crippen LogP contribution in [0, 0.1) is 0 Å². The van der Waals surface area contributed by atoms with Crippen LogP contribution in [0.4, 0.5) is 5.82 Å². The van der Waals surface area contributed by atoms with E-state index in [0.717, 1.165) is 43.2 Å². The summed E-state index contributed by atoms with van der Waals surface area (Å²) >= 11 is 0. The fourth-order valence-corrected chi connectivity index (χ4v) is 2.82. The zero-order chi connectivity index (χ0) is 18.2. The lowest BCUT2D eigenvalue weighted by Crippen LogP contribution is -2.36. The molecule has 6 heteroatoms. The molecule has 0 spiro atoms. The molecule has 0 radical (unpaired) electrons. The number of pyridine rings is 1. The molecule has 1 atom stereocenters. The number of hydrogen-bond acceptors (Lipinski definition) is 6. The molecule has 0 bridgehead atoms. The number of carbonyl (C=O) groups is 1. The van der Waals surface area contributed by atoms with Crippen LogP contribution in [0.1, 0.15) is 11.1 Å². The maximum absolute atomic E-state index is 12.3. The van der Waals surface area contributed by atoms with Crippen molar-refractivity contribution in [1.82, 2.24) is 4.98 Å². The topological polar surface area (TPSA) is 60.9 Å². The summed E-state index contributed by atoms with van der Waals surface area (Å²) in [5.41, 5.74) is 1.89. The normalized spacial score (nSPS) is 15.5. The van der Waals surface area contributed by atoms with E-state index in [1.54, 1.807) is 6.20 Å². The van der Waals surface area contributed by atoms with Gasteiger partial charge in [0.2, 0.25) is 0 Å². The van der Waals surface area contributed by atoms with Crippen molar-refractivity contribution < 1.29 is 19.0 Å². The number of rotatable bonds is 7. The number of aromatic nitrogens is 1. The highest BCUT2D eigenvalue weighted by atomic mass is 16.6. The zero-order valence-corrected chi connectivity index (χ0v) is 15.0. The fraction of sp³-hybridized carbons (Fsp3) is 0.400. The van der Waals surface area contributed by atoms with Gasteiger partial charge in [0.25, 0.3) is 0 Å². The predicted octanol–water partition coefficient (Wildman–Crippen LogP) is 2.22. The number of nitrogens with zero attached hydrogens (tertiary/aromatic N) is 2. The molecule has 1 aliphatic rings. The molecule has 26 heavy (non-hydrogen) atoms. The monoisotopic (exact) mass is 356 g/mol. The van der Waals surface area contributed by atoms with Crippen LogP contribution in [0.2, 0.25) is 0 Å². The van der Waals surface area contributed by atoms with Crippen molar-refractivity contribution in [2.24, 2.45) is 0 Å². The Balaban J connectivity index is 1.54. The van der Waals surface area contributed by atoms with E-state index in [0.29, 0.717) is 6.42 Å². The minimum atomic E-state index is -0.644. The molecule has 2 aromatic rings. The Kier molecular flexibility index (Phi) is 6.57. The minimum absolute atomic E-state index is 0.244. The SMILES string of the molecule is COC(Cc1ccc(N2CCOCC2)nc1)C(=O)OCc1ccccc1. The van der Waals surface area contributed by atoms with Crippen molar-refractivity contribution in [2.75, 3.05) is 38.3 Å². The first-order valence-corrected chi connectivity index (χ1v) is 8.77. The Morgan fingerprint density at radius 2 is 1.92 bits per heavy atom. The summed E-state index contributed by atoms with van der Waals surface area (Å²) in [6.07, 6.45) is 1.58. The van der Waals surface area contributed by atoms with E-state index in [1.165, 1.54) is 7.11 Å². The third-order valence-corrected chi connectivity index (χ3v) is 4.34. The van der Waals surface area contributed by atoms with Crippen LogP contribution in [0.15, 0.2) is 48.7 Å². The van der Waals surface area contributed by atoms with Crippen LogP contribution < -0.4 is 4.90 Å². The summed E-state index contributed by atoms with van der Waals surface area (Å²) in [5, 5.41) is 0. The first-order chi connectivity index (χ1) is 12.8. The van der Waals surface area contributed by atoms with Gasteiger partial charge in [-0.1, -0.05) is 36.4 Å². The molecule has 1 aromatic carbocycles. The van der Waals surface area contributed by atoms with E-state index in [9.17, 15) is 4.79 Å². The number of anilines is 1. The van der Waals surface area contributed by atoms with E-state index in [1.807, 2.05) is 42.5 Å². The Hall–Kier alpha value is -2.44. The minimum Gasteiger partial charge on any atom is -0.459 e. The van der Waals surface area contributed by atoms with Gasteiger partial charge in [-0.15, -0.1) is 0 Å². The maximum Gasteiger partial charge on any atom is 0.335 e. The lowest BCUT2D eigenvalue weighted by atomic mass is 10.1. The molecule has 0 saturated carbocycles. The molecule has 3 rings (SSSR count). The van der Waals surface area contributed by atoms with E-state index >= 15 is 0 Å². The van der Waals surface area contributed by atoms with Crippen molar-refractivity contribution in [2.45, 2.75) is 19.1 Å². The molecule has 1 fully saturated rings. The average molecular weight is 356 g/mol. The Bertz CT molecular complexity index is 685. The smallest absolute Gasteiger partial charge is 0.335 e. The Morgan fingerprint density at radius 1 is 1.15 bits per heavy atom. The van der Waals surface area contributed by atoms with Crippen LogP contribution in [0.5, 0.6) is 0 Å². The Morgan fingerprint density at radius 3 is 2.58 bits per heavy atom. The van der Waals surface area contributed by atoms with Gasteiger partial charge >= 0.3 is 5.97 Å². The summed E-state index contributed by atoms with van der Waals surface area (Å²) in [4.78, 5) is 19.0. The number of carbonyl (C=O) groups excluding carboxylic acids is 1. The quantitative estimate of drug-likeness (QED) is 0.709. The summed E-state index contributed by atoms with van der Waals surface area (Å²) < 4.78 is 16.0. The van der Waals surface area contributed by atoms with Gasteiger partial charge in [0, 0.05) is 32.8 Å². The molecule has 0 N–H and O–H groups in total. The number of methoxy groups -OCH3 is 1. The molecule has 1 saturated heterocycles. The molecule has 1 aromatic heterocycles. The van der Waals surface area contributed by atoms with E-state index in [2.05, 4.69) is 9.88 Å². The number of esters is 1. The molecule has 1 aliphatic heterocycles. The van der Waals surface area contributed by atoms with Gasteiger partial charge in [0.15, 0.2) is 6.10 Å². The van der Waals surface area contributed by atoms with Crippen molar-refractivity contribution in [3.05, 3.63) is 59.8 Å².